The number of thiophene rings is 1. The molecule has 0 spiro atoms. The van der Waals surface area contributed by atoms with Crippen molar-refractivity contribution in [1.29, 1.82) is 0 Å². The van der Waals surface area contributed by atoms with Crippen LogP contribution in [0.2, 0.25) is 9.36 Å². The molecular formula is C18H15Cl2N3O2S. The minimum Gasteiger partial charge on any atom is -0.394 e. The van der Waals surface area contributed by atoms with E-state index in [9.17, 15) is 4.79 Å². The van der Waals surface area contributed by atoms with Crippen molar-refractivity contribution < 1.29 is 9.90 Å². The zero-order chi connectivity index (χ0) is 18.7. The predicted octanol–water partition coefficient (Wildman–Crippen LogP) is 4.29. The first-order valence-electron chi connectivity index (χ1n) is 7.78. The van der Waals surface area contributed by atoms with E-state index in [-0.39, 0.29) is 24.2 Å². The van der Waals surface area contributed by atoms with E-state index in [1.54, 1.807) is 31.2 Å². The van der Waals surface area contributed by atoms with Crippen LogP contribution < -0.4 is 5.32 Å². The number of aromatic nitrogens is 2. The third-order valence-corrected chi connectivity index (χ3v) is 5.02. The molecule has 0 aliphatic rings. The number of aliphatic hydroxyl groups excluding tert-OH is 1. The van der Waals surface area contributed by atoms with Crippen molar-refractivity contribution in [2.24, 2.45) is 0 Å². The van der Waals surface area contributed by atoms with E-state index >= 15 is 0 Å². The molecule has 26 heavy (non-hydrogen) atoms. The Labute approximate surface area is 164 Å². The molecule has 2 N–H and O–H groups in total. The smallest absolute Gasteiger partial charge is 0.270 e. The van der Waals surface area contributed by atoms with Crippen LogP contribution in [0.5, 0.6) is 0 Å². The molecule has 5 nitrogen and oxygen atoms in total. The molecule has 2 heterocycles. The van der Waals surface area contributed by atoms with Gasteiger partial charge in [0.2, 0.25) is 0 Å². The van der Waals surface area contributed by atoms with Crippen LogP contribution >= 0.6 is 34.5 Å². The molecule has 0 fully saturated rings. The molecule has 0 radical (unpaired) electrons. The van der Waals surface area contributed by atoms with Gasteiger partial charge in [0.25, 0.3) is 5.91 Å². The van der Waals surface area contributed by atoms with Gasteiger partial charge in [0.15, 0.2) is 5.82 Å². The molecule has 2 aromatic heterocycles. The summed E-state index contributed by atoms with van der Waals surface area (Å²) in [5.41, 5.74) is 1.62. The topological polar surface area (TPSA) is 75.1 Å². The average Bonchev–Trinajstić information content (AvgIpc) is 3.08. The summed E-state index contributed by atoms with van der Waals surface area (Å²) >= 11 is 13.3. The predicted molar refractivity (Wildman–Crippen MR) is 105 cm³/mol. The zero-order valence-corrected chi connectivity index (χ0v) is 16.1. The van der Waals surface area contributed by atoms with Gasteiger partial charge in [0.1, 0.15) is 5.69 Å². The van der Waals surface area contributed by atoms with E-state index in [0.717, 1.165) is 10.4 Å². The number of rotatable bonds is 5. The average molecular weight is 408 g/mol. The van der Waals surface area contributed by atoms with E-state index in [1.165, 1.54) is 11.3 Å². The quantitative estimate of drug-likeness (QED) is 0.661. The Hall–Kier alpha value is -1.99. The lowest BCUT2D eigenvalue weighted by Crippen LogP contribution is -2.35. The maximum Gasteiger partial charge on any atom is 0.270 e. The highest BCUT2D eigenvalue weighted by atomic mass is 35.5. The minimum atomic E-state index is -0.381. The molecule has 0 saturated heterocycles. The van der Waals surface area contributed by atoms with Crippen LogP contribution in [-0.2, 0) is 0 Å². The number of nitrogens with zero attached hydrogens (tertiary/aromatic N) is 2. The second-order valence-corrected chi connectivity index (χ2v) is 7.78. The van der Waals surface area contributed by atoms with Crippen LogP contribution in [0.4, 0.5) is 0 Å². The lowest BCUT2D eigenvalue weighted by Gasteiger charge is -2.12. The van der Waals surface area contributed by atoms with E-state index in [2.05, 4.69) is 15.3 Å². The number of carbonyl (C=O) groups is 1. The number of amides is 1. The van der Waals surface area contributed by atoms with Gasteiger partial charge < -0.3 is 10.4 Å². The molecule has 3 aromatic rings. The van der Waals surface area contributed by atoms with Crippen molar-refractivity contribution in [2.45, 2.75) is 13.0 Å². The minimum absolute atomic E-state index is 0.158. The Morgan fingerprint density at radius 2 is 1.92 bits per heavy atom. The van der Waals surface area contributed by atoms with E-state index in [1.807, 2.05) is 18.2 Å². The maximum atomic E-state index is 12.5. The summed E-state index contributed by atoms with van der Waals surface area (Å²) in [6.07, 6.45) is 0. The fourth-order valence-corrected chi connectivity index (χ4v) is 3.32. The molecule has 1 aromatic carbocycles. The van der Waals surface area contributed by atoms with Crippen LogP contribution in [-0.4, -0.2) is 33.6 Å². The first kappa shape index (κ1) is 18.8. The molecule has 3 rings (SSSR count). The summed E-state index contributed by atoms with van der Waals surface area (Å²) in [6.45, 7) is 1.55. The first-order valence-corrected chi connectivity index (χ1v) is 9.36. The maximum absolute atomic E-state index is 12.5. The van der Waals surface area contributed by atoms with Gasteiger partial charge in [0.05, 0.1) is 21.5 Å². The third-order valence-electron chi connectivity index (χ3n) is 3.54. The van der Waals surface area contributed by atoms with Gasteiger partial charge in [-0.2, -0.15) is 0 Å². The summed E-state index contributed by atoms with van der Waals surface area (Å²) < 4.78 is 0.611. The lowest BCUT2D eigenvalue weighted by atomic mass is 10.1. The number of halogens is 2. The summed E-state index contributed by atoms with van der Waals surface area (Å²) in [7, 11) is 0. The van der Waals surface area contributed by atoms with Crippen LogP contribution in [0.1, 0.15) is 17.4 Å². The standard InChI is InChI=1S/C18H15Cl2N3O2S/c1-10(9-24)21-18(25)14-8-13(11-2-4-12(19)5-3-11)22-17(23-14)15-6-7-16(20)26-15/h2-8,10,24H,9H2,1H3,(H,21,25). The van der Waals surface area contributed by atoms with Gasteiger partial charge in [0, 0.05) is 16.6 Å². The number of aliphatic hydroxyl groups is 1. The highest BCUT2D eigenvalue weighted by Gasteiger charge is 2.16. The number of carbonyl (C=O) groups excluding carboxylic acids is 1. The lowest BCUT2D eigenvalue weighted by molar-refractivity contribution is 0.0917. The molecule has 1 amide bonds. The van der Waals surface area contributed by atoms with Crippen molar-refractivity contribution in [3.05, 3.63) is 57.5 Å². The summed E-state index contributed by atoms with van der Waals surface area (Å²) in [6, 6.07) is 12.0. The number of benzene rings is 1. The highest BCUT2D eigenvalue weighted by Crippen LogP contribution is 2.30. The van der Waals surface area contributed by atoms with Crippen LogP contribution in [0.3, 0.4) is 0 Å². The molecule has 0 aliphatic heterocycles. The molecule has 0 saturated carbocycles. The molecule has 0 aliphatic carbocycles. The monoisotopic (exact) mass is 407 g/mol. The number of hydrogen-bond donors (Lipinski definition) is 2. The molecule has 1 unspecified atom stereocenters. The molecule has 8 heteroatoms. The third kappa shape index (κ3) is 4.40. The van der Waals surface area contributed by atoms with Crippen molar-refractivity contribution in [3.63, 3.8) is 0 Å². The van der Waals surface area contributed by atoms with Crippen LogP contribution in [0, 0.1) is 0 Å². The van der Waals surface area contributed by atoms with Crippen LogP contribution in [0.15, 0.2) is 42.5 Å². The summed E-state index contributed by atoms with van der Waals surface area (Å²) in [5, 5.41) is 12.5. The Bertz CT molecular complexity index is 928. The fraction of sp³-hybridized carbons (Fsp3) is 0.167. The fourth-order valence-electron chi connectivity index (χ4n) is 2.22. The van der Waals surface area contributed by atoms with Gasteiger partial charge in [-0.3, -0.25) is 4.79 Å². The second-order valence-electron chi connectivity index (χ2n) is 5.63. The molecule has 134 valence electrons. The highest BCUT2D eigenvalue weighted by molar-refractivity contribution is 7.19. The largest absolute Gasteiger partial charge is 0.394 e. The molecular weight excluding hydrogens is 393 g/mol. The van der Waals surface area contributed by atoms with Gasteiger partial charge in [-0.1, -0.05) is 35.3 Å². The molecule has 0 bridgehead atoms. The second kappa shape index (κ2) is 8.14. The Balaban J connectivity index is 2.07. The van der Waals surface area contributed by atoms with E-state index < -0.39 is 0 Å². The SMILES string of the molecule is CC(CO)NC(=O)c1cc(-c2ccc(Cl)cc2)nc(-c2ccc(Cl)s2)n1. The Morgan fingerprint density at radius 3 is 2.54 bits per heavy atom. The first-order chi connectivity index (χ1) is 12.5. The summed E-state index contributed by atoms with van der Waals surface area (Å²) in [4.78, 5) is 22.2. The summed E-state index contributed by atoms with van der Waals surface area (Å²) in [5.74, 6) is 0.0317. The molecule has 1 atom stereocenters. The van der Waals surface area contributed by atoms with Gasteiger partial charge in [-0.05, 0) is 37.3 Å². The van der Waals surface area contributed by atoms with Crippen LogP contribution in [0.25, 0.3) is 22.0 Å². The van der Waals surface area contributed by atoms with Crippen molar-refractivity contribution in [1.82, 2.24) is 15.3 Å². The van der Waals surface area contributed by atoms with E-state index in [4.69, 9.17) is 28.3 Å². The van der Waals surface area contributed by atoms with E-state index in [0.29, 0.717) is 20.9 Å². The number of nitrogens with one attached hydrogen (secondary N) is 1. The Morgan fingerprint density at radius 1 is 1.19 bits per heavy atom. The van der Waals surface area contributed by atoms with Gasteiger partial charge >= 0.3 is 0 Å². The van der Waals surface area contributed by atoms with Crippen molar-refractivity contribution in [2.75, 3.05) is 6.61 Å². The normalized spacial score (nSPS) is 12.0. The van der Waals surface area contributed by atoms with Gasteiger partial charge in [-0.25, -0.2) is 9.97 Å². The van der Waals surface area contributed by atoms with Crippen molar-refractivity contribution >= 4 is 40.4 Å². The Kier molecular flexibility index (Phi) is 5.88. The van der Waals surface area contributed by atoms with Gasteiger partial charge in [-0.15, -0.1) is 11.3 Å². The number of hydrogen-bond acceptors (Lipinski definition) is 5. The zero-order valence-electron chi connectivity index (χ0n) is 13.7. The van der Waals surface area contributed by atoms with Crippen molar-refractivity contribution in [3.8, 4) is 22.0 Å².